The average molecular weight is 346 g/mol. The minimum absolute atomic E-state index is 0.116. The van der Waals surface area contributed by atoms with Gasteiger partial charge in [0.25, 0.3) is 0 Å². The maximum absolute atomic E-state index is 12.7. The summed E-state index contributed by atoms with van der Waals surface area (Å²) in [6, 6.07) is 4.33. The molecule has 1 heterocycles. The number of esters is 1. The topological polar surface area (TPSA) is 59.1 Å². The van der Waals surface area contributed by atoms with Crippen LogP contribution in [0.2, 0.25) is 0 Å². The van der Waals surface area contributed by atoms with Crippen molar-refractivity contribution in [1.29, 1.82) is 0 Å². The fraction of sp³-hybridized carbons (Fsp3) is 0.467. The summed E-state index contributed by atoms with van der Waals surface area (Å²) in [7, 11) is 2.09. The summed E-state index contributed by atoms with van der Waals surface area (Å²) >= 11 is 0. The molecule has 1 aromatic rings. The van der Waals surface area contributed by atoms with Gasteiger partial charge in [0, 0.05) is 25.8 Å². The van der Waals surface area contributed by atoms with Crippen molar-refractivity contribution in [3.05, 3.63) is 23.8 Å². The number of nitrogens with zero attached hydrogens (tertiary/aromatic N) is 2. The number of rotatable bonds is 3. The Bertz CT molecular complexity index is 628. The number of carbonyl (C=O) groups is 2. The van der Waals surface area contributed by atoms with Gasteiger partial charge in [-0.15, -0.1) is 0 Å². The van der Waals surface area contributed by atoms with Crippen LogP contribution in [0.4, 0.5) is 24.5 Å². The lowest BCUT2D eigenvalue weighted by Gasteiger charge is -2.30. The van der Waals surface area contributed by atoms with Crippen molar-refractivity contribution in [3.8, 4) is 0 Å². The highest BCUT2D eigenvalue weighted by Crippen LogP contribution is 2.30. The molecule has 1 aliphatic rings. The standard InChI is InChI=1S/C15H17F3N2O4/c1-19(14(22)15(16,17)18)12-9-10(20-5-7-24-8-6-20)3-4-11(12)13(21)23-2/h3-4,9H,5-8H2,1-2H3. The molecule has 0 saturated carbocycles. The van der Waals surface area contributed by atoms with Gasteiger partial charge in [0.2, 0.25) is 0 Å². The zero-order valence-electron chi connectivity index (χ0n) is 13.2. The monoisotopic (exact) mass is 346 g/mol. The molecule has 132 valence electrons. The maximum Gasteiger partial charge on any atom is 0.471 e. The third-order valence-corrected chi connectivity index (χ3v) is 3.67. The van der Waals surface area contributed by atoms with E-state index in [2.05, 4.69) is 4.74 Å². The van der Waals surface area contributed by atoms with E-state index in [1.54, 1.807) is 6.07 Å². The molecule has 1 aromatic carbocycles. The summed E-state index contributed by atoms with van der Waals surface area (Å²) in [4.78, 5) is 25.7. The van der Waals surface area contributed by atoms with E-state index in [1.165, 1.54) is 12.1 Å². The Morgan fingerprint density at radius 3 is 2.42 bits per heavy atom. The number of amides is 1. The normalized spacial score (nSPS) is 15.1. The van der Waals surface area contributed by atoms with E-state index in [4.69, 9.17) is 4.74 Å². The highest BCUT2D eigenvalue weighted by Gasteiger charge is 2.42. The quantitative estimate of drug-likeness (QED) is 0.782. The Labute approximate surface area is 136 Å². The highest BCUT2D eigenvalue weighted by atomic mass is 19.4. The van der Waals surface area contributed by atoms with Gasteiger partial charge in [-0.3, -0.25) is 4.79 Å². The predicted molar refractivity (Wildman–Crippen MR) is 80.3 cm³/mol. The number of methoxy groups -OCH3 is 1. The fourth-order valence-electron chi connectivity index (χ4n) is 2.40. The van der Waals surface area contributed by atoms with Crippen LogP contribution in [0.25, 0.3) is 0 Å². The van der Waals surface area contributed by atoms with Crippen molar-refractivity contribution >= 4 is 23.3 Å². The Balaban J connectivity index is 2.43. The first kappa shape index (κ1) is 18.1. The summed E-state index contributed by atoms with van der Waals surface area (Å²) in [6.45, 7) is 2.11. The molecule has 0 spiro atoms. The van der Waals surface area contributed by atoms with Crippen molar-refractivity contribution < 1.29 is 32.2 Å². The predicted octanol–water partition coefficient (Wildman–Crippen LogP) is 1.83. The lowest BCUT2D eigenvalue weighted by Crippen LogP contribution is -2.40. The van der Waals surface area contributed by atoms with Crippen LogP contribution in [0.3, 0.4) is 0 Å². The second-order valence-electron chi connectivity index (χ2n) is 5.15. The lowest BCUT2D eigenvalue weighted by atomic mass is 10.1. The second-order valence-corrected chi connectivity index (χ2v) is 5.15. The Kier molecular flexibility index (Phi) is 5.33. The number of morpholine rings is 1. The molecule has 24 heavy (non-hydrogen) atoms. The molecule has 1 fully saturated rings. The highest BCUT2D eigenvalue weighted by molar-refractivity contribution is 6.04. The van der Waals surface area contributed by atoms with Crippen molar-refractivity contribution in [3.63, 3.8) is 0 Å². The number of anilines is 2. The van der Waals surface area contributed by atoms with Crippen LogP contribution in [-0.4, -0.2) is 58.5 Å². The van der Waals surface area contributed by atoms with Gasteiger partial charge < -0.3 is 19.3 Å². The molecular formula is C15H17F3N2O4. The van der Waals surface area contributed by atoms with Gasteiger partial charge in [-0.25, -0.2) is 4.79 Å². The van der Waals surface area contributed by atoms with Crippen LogP contribution < -0.4 is 9.80 Å². The molecule has 6 nitrogen and oxygen atoms in total. The van der Waals surface area contributed by atoms with Crippen molar-refractivity contribution in [2.45, 2.75) is 6.18 Å². The molecule has 0 atom stereocenters. The molecule has 1 aliphatic heterocycles. The number of hydrogen-bond donors (Lipinski definition) is 0. The SMILES string of the molecule is COC(=O)c1ccc(N2CCOCC2)cc1N(C)C(=O)C(F)(F)F. The van der Waals surface area contributed by atoms with Crippen molar-refractivity contribution in [2.75, 3.05) is 50.3 Å². The minimum Gasteiger partial charge on any atom is -0.465 e. The van der Waals surface area contributed by atoms with E-state index in [0.717, 1.165) is 14.2 Å². The first-order valence-corrected chi connectivity index (χ1v) is 7.15. The summed E-state index contributed by atoms with van der Waals surface area (Å²) in [5.74, 6) is -2.88. The molecule has 0 unspecified atom stereocenters. The van der Waals surface area contributed by atoms with Crippen LogP contribution in [0.15, 0.2) is 18.2 Å². The van der Waals surface area contributed by atoms with Gasteiger partial charge in [-0.05, 0) is 18.2 Å². The lowest BCUT2D eigenvalue weighted by molar-refractivity contribution is -0.170. The van der Waals surface area contributed by atoms with E-state index in [1.807, 2.05) is 4.90 Å². The third-order valence-electron chi connectivity index (χ3n) is 3.67. The zero-order valence-corrected chi connectivity index (χ0v) is 13.2. The van der Waals surface area contributed by atoms with Gasteiger partial charge >= 0.3 is 18.1 Å². The largest absolute Gasteiger partial charge is 0.471 e. The smallest absolute Gasteiger partial charge is 0.465 e. The van der Waals surface area contributed by atoms with Crippen LogP contribution in [-0.2, 0) is 14.3 Å². The molecule has 0 radical (unpaired) electrons. The molecule has 1 saturated heterocycles. The summed E-state index contributed by atoms with van der Waals surface area (Å²) in [6.07, 6.45) is -5.04. The van der Waals surface area contributed by atoms with Gasteiger partial charge in [-0.1, -0.05) is 0 Å². The van der Waals surface area contributed by atoms with Crippen LogP contribution in [0.5, 0.6) is 0 Å². The van der Waals surface area contributed by atoms with Crippen LogP contribution >= 0.6 is 0 Å². The number of alkyl halides is 3. The summed E-state index contributed by atoms with van der Waals surface area (Å²) in [5.41, 5.74) is 0.325. The summed E-state index contributed by atoms with van der Waals surface area (Å²) < 4.78 is 48.0. The third kappa shape index (κ3) is 3.78. The number of ether oxygens (including phenoxy) is 2. The maximum atomic E-state index is 12.7. The van der Waals surface area contributed by atoms with Crippen molar-refractivity contribution in [2.24, 2.45) is 0 Å². The number of carbonyl (C=O) groups excluding carboxylic acids is 2. The average Bonchev–Trinajstić information content (AvgIpc) is 2.59. The zero-order chi connectivity index (χ0) is 17.9. The molecule has 0 aliphatic carbocycles. The van der Waals surface area contributed by atoms with Gasteiger partial charge in [0.1, 0.15) is 0 Å². The van der Waals surface area contributed by atoms with E-state index in [9.17, 15) is 22.8 Å². The van der Waals surface area contributed by atoms with Gasteiger partial charge in [-0.2, -0.15) is 13.2 Å². The fourth-order valence-corrected chi connectivity index (χ4v) is 2.40. The van der Waals surface area contributed by atoms with E-state index >= 15 is 0 Å². The van der Waals surface area contributed by atoms with Gasteiger partial charge in [0.15, 0.2) is 0 Å². The van der Waals surface area contributed by atoms with Crippen LogP contribution in [0, 0.1) is 0 Å². The van der Waals surface area contributed by atoms with E-state index in [-0.39, 0.29) is 11.3 Å². The minimum atomic E-state index is -5.04. The molecule has 2 rings (SSSR count). The molecule has 0 N–H and O–H groups in total. The van der Waals surface area contributed by atoms with Gasteiger partial charge in [0.05, 0.1) is 31.6 Å². The summed E-state index contributed by atoms with van der Waals surface area (Å²) in [5, 5.41) is 0. The molecule has 1 amide bonds. The molecule has 9 heteroatoms. The molecular weight excluding hydrogens is 329 g/mol. The van der Waals surface area contributed by atoms with E-state index < -0.39 is 18.1 Å². The van der Waals surface area contributed by atoms with Crippen LogP contribution in [0.1, 0.15) is 10.4 Å². The number of hydrogen-bond acceptors (Lipinski definition) is 5. The van der Waals surface area contributed by atoms with Crippen molar-refractivity contribution in [1.82, 2.24) is 0 Å². The Morgan fingerprint density at radius 1 is 1.25 bits per heavy atom. The van der Waals surface area contributed by atoms with E-state index in [0.29, 0.717) is 36.9 Å². The molecule has 0 bridgehead atoms. The first-order valence-electron chi connectivity index (χ1n) is 7.15. The molecule has 0 aromatic heterocycles. The Morgan fingerprint density at radius 2 is 1.88 bits per heavy atom. The number of benzene rings is 1. The number of halogens is 3. The second kappa shape index (κ2) is 7.08. The Hall–Kier alpha value is -2.29. The first-order chi connectivity index (χ1) is 11.3.